The van der Waals surface area contributed by atoms with Crippen LogP contribution < -0.4 is 5.32 Å². The average molecular weight is 237 g/mol. The number of nitrogens with zero attached hydrogens (tertiary/aromatic N) is 2. The van der Waals surface area contributed by atoms with Gasteiger partial charge in [-0.3, -0.25) is 10.2 Å². The highest BCUT2D eigenvalue weighted by molar-refractivity contribution is 7.13. The van der Waals surface area contributed by atoms with E-state index in [0.29, 0.717) is 5.82 Å². The fourth-order valence-corrected chi connectivity index (χ4v) is 1.98. The molecule has 1 aromatic carbocycles. The number of hydrogen-bond donors (Lipinski definition) is 1. The summed E-state index contributed by atoms with van der Waals surface area (Å²) in [6.45, 7) is 0. The molecule has 0 unspecified atom stereocenters. The number of benzene rings is 1. The SMILES string of the molecule is CON(C)C(=O)Nc1nsc2ccccc12. The van der Waals surface area contributed by atoms with Crippen molar-refractivity contribution in [3.05, 3.63) is 24.3 Å². The first kappa shape index (κ1) is 10.8. The van der Waals surface area contributed by atoms with Crippen molar-refractivity contribution in [2.75, 3.05) is 19.5 Å². The van der Waals surface area contributed by atoms with Crippen molar-refractivity contribution in [3.63, 3.8) is 0 Å². The zero-order valence-corrected chi connectivity index (χ0v) is 9.75. The van der Waals surface area contributed by atoms with E-state index in [1.807, 2.05) is 24.3 Å². The van der Waals surface area contributed by atoms with Gasteiger partial charge in [-0.25, -0.2) is 9.86 Å². The summed E-state index contributed by atoms with van der Waals surface area (Å²) in [5, 5.41) is 4.72. The van der Waals surface area contributed by atoms with Crippen molar-refractivity contribution in [2.24, 2.45) is 0 Å². The zero-order chi connectivity index (χ0) is 11.5. The molecule has 2 amide bonds. The van der Waals surface area contributed by atoms with Gasteiger partial charge in [0.1, 0.15) is 0 Å². The van der Waals surface area contributed by atoms with Crippen LogP contribution in [0.25, 0.3) is 10.1 Å². The predicted octanol–water partition coefficient (Wildman–Crippen LogP) is 2.32. The smallest absolute Gasteiger partial charge is 0.289 e. The fourth-order valence-electron chi connectivity index (χ4n) is 1.24. The maximum absolute atomic E-state index is 11.5. The largest absolute Gasteiger partial charge is 0.346 e. The van der Waals surface area contributed by atoms with Crippen molar-refractivity contribution in [2.45, 2.75) is 0 Å². The van der Waals surface area contributed by atoms with Gasteiger partial charge in [0.15, 0.2) is 5.82 Å². The second-order valence-electron chi connectivity index (χ2n) is 3.14. The molecular weight excluding hydrogens is 226 g/mol. The van der Waals surface area contributed by atoms with Crippen molar-refractivity contribution in [3.8, 4) is 0 Å². The summed E-state index contributed by atoms with van der Waals surface area (Å²) in [5.74, 6) is 0.564. The van der Waals surface area contributed by atoms with Crippen LogP contribution in [0.15, 0.2) is 24.3 Å². The summed E-state index contributed by atoms with van der Waals surface area (Å²) >= 11 is 1.35. The number of hydroxylamine groups is 2. The van der Waals surface area contributed by atoms with E-state index < -0.39 is 0 Å². The summed E-state index contributed by atoms with van der Waals surface area (Å²) in [6, 6.07) is 7.38. The Kier molecular flexibility index (Phi) is 3.02. The number of hydrogen-bond acceptors (Lipinski definition) is 4. The van der Waals surface area contributed by atoms with Crippen LogP contribution in [0.4, 0.5) is 10.6 Å². The van der Waals surface area contributed by atoms with Crippen molar-refractivity contribution >= 4 is 33.5 Å². The summed E-state index contributed by atoms with van der Waals surface area (Å²) in [4.78, 5) is 16.3. The second-order valence-corrected chi connectivity index (χ2v) is 3.94. The molecule has 0 aliphatic rings. The lowest BCUT2D eigenvalue weighted by molar-refractivity contribution is -0.0598. The Balaban J connectivity index is 2.25. The number of carbonyl (C=O) groups excluding carboxylic acids is 1. The van der Waals surface area contributed by atoms with Crippen LogP contribution in [0.3, 0.4) is 0 Å². The minimum Gasteiger partial charge on any atom is -0.289 e. The molecule has 0 fully saturated rings. The Morgan fingerprint density at radius 2 is 2.25 bits per heavy atom. The van der Waals surface area contributed by atoms with Crippen molar-refractivity contribution in [1.29, 1.82) is 0 Å². The Labute approximate surface area is 96.7 Å². The summed E-state index contributed by atoms with van der Waals surface area (Å²) in [6.07, 6.45) is 0. The lowest BCUT2D eigenvalue weighted by Gasteiger charge is -2.13. The molecule has 0 atom stereocenters. The van der Waals surface area contributed by atoms with E-state index in [9.17, 15) is 4.79 Å². The molecule has 6 heteroatoms. The molecular formula is C10H11N3O2S. The Bertz CT molecular complexity index is 511. The third-order valence-corrected chi connectivity index (χ3v) is 2.99. The first-order valence-electron chi connectivity index (χ1n) is 4.65. The molecule has 0 bridgehead atoms. The van der Waals surface area contributed by atoms with E-state index in [4.69, 9.17) is 4.84 Å². The number of anilines is 1. The van der Waals surface area contributed by atoms with Gasteiger partial charge in [0.25, 0.3) is 0 Å². The number of urea groups is 1. The average Bonchev–Trinajstić information content (AvgIpc) is 2.72. The molecule has 0 saturated heterocycles. The van der Waals surface area contributed by atoms with Gasteiger partial charge in [0.05, 0.1) is 11.8 Å². The lowest BCUT2D eigenvalue weighted by atomic mass is 10.3. The number of aromatic nitrogens is 1. The van der Waals surface area contributed by atoms with E-state index in [2.05, 4.69) is 9.69 Å². The molecule has 5 nitrogen and oxygen atoms in total. The van der Waals surface area contributed by atoms with Crippen molar-refractivity contribution < 1.29 is 9.63 Å². The Morgan fingerprint density at radius 3 is 3.00 bits per heavy atom. The predicted molar refractivity (Wildman–Crippen MR) is 63.4 cm³/mol. The molecule has 1 N–H and O–H groups in total. The van der Waals surface area contributed by atoms with Crippen LogP contribution in [-0.4, -0.2) is 29.6 Å². The number of amides is 2. The van der Waals surface area contributed by atoms with Gasteiger partial charge >= 0.3 is 6.03 Å². The Hall–Kier alpha value is -1.66. The summed E-state index contributed by atoms with van der Waals surface area (Å²) in [7, 11) is 2.96. The summed E-state index contributed by atoms with van der Waals surface area (Å²) in [5.41, 5.74) is 0. The first-order chi connectivity index (χ1) is 7.72. The normalized spacial score (nSPS) is 10.4. The second kappa shape index (κ2) is 4.46. The van der Waals surface area contributed by atoms with Gasteiger partial charge in [-0.1, -0.05) is 12.1 Å². The van der Waals surface area contributed by atoms with Crippen molar-refractivity contribution in [1.82, 2.24) is 9.44 Å². The molecule has 1 aromatic heterocycles. The number of nitrogens with one attached hydrogen (secondary N) is 1. The first-order valence-corrected chi connectivity index (χ1v) is 5.43. The molecule has 16 heavy (non-hydrogen) atoms. The van der Waals surface area contributed by atoms with Crippen LogP contribution >= 0.6 is 11.5 Å². The third-order valence-electron chi connectivity index (χ3n) is 2.16. The van der Waals surface area contributed by atoms with Gasteiger partial charge in [0, 0.05) is 12.4 Å². The molecule has 0 spiro atoms. The van der Waals surface area contributed by atoms with Crippen LogP contribution in [-0.2, 0) is 4.84 Å². The van der Waals surface area contributed by atoms with Crippen LogP contribution in [0.2, 0.25) is 0 Å². The molecule has 0 aliphatic carbocycles. The van der Waals surface area contributed by atoms with Gasteiger partial charge in [0.2, 0.25) is 0 Å². The van der Waals surface area contributed by atoms with Crippen LogP contribution in [0.5, 0.6) is 0 Å². The van der Waals surface area contributed by atoms with Gasteiger partial charge in [-0.15, -0.1) is 0 Å². The van der Waals surface area contributed by atoms with Crippen LogP contribution in [0, 0.1) is 0 Å². The van der Waals surface area contributed by atoms with E-state index in [0.717, 1.165) is 15.1 Å². The van der Waals surface area contributed by atoms with Gasteiger partial charge < -0.3 is 0 Å². The maximum Gasteiger partial charge on any atom is 0.346 e. The molecule has 2 rings (SSSR count). The number of fused-ring (bicyclic) bond motifs is 1. The minimum absolute atomic E-state index is 0.349. The number of rotatable bonds is 2. The topological polar surface area (TPSA) is 54.5 Å². The van der Waals surface area contributed by atoms with E-state index in [1.54, 1.807) is 0 Å². The van der Waals surface area contributed by atoms with E-state index in [-0.39, 0.29) is 6.03 Å². The van der Waals surface area contributed by atoms with Gasteiger partial charge in [-0.05, 0) is 23.7 Å². The Morgan fingerprint density at radius 1 is 1.50 bits per heavy atom. The standard InChI is InChI=1S/C10H11N3O2S/c1-13(15-2)10(14)11-9-7-5-3-4-6-8(7)16-12-9/h3-6H,1-2H3,(H,11,12,14). The lowest BCUT2D eigenvalue weighted by Crippen LogP contribution is -2.30. The van der Waals surface area contributed by atoms with Gasteiger partial charge in [-0.2, -0.15) is 4.37 Å². The zero-order valence-electron chi connectivity index (χ0n) is 8.93. The number of carbonyl (C=O) groups is 1. The molecule has 2 aromatic rings. The fraction of sp³-hybridized carbons (Fsp3) is 0.200. The minimum atomic E-state index is -0.349. The van der Waals surface area contributed by atoms with E-state index >= 15 is 0 Å². The molecule has 0 radical (unpaired) electrons. The molecule has 84 valence electrons. The highest BCUT2D eigenvalue weighted by Gasteiger charge is 2.12. The highest BCUT2D eigenvalue weighted by atomic mass is 32.1. The summed E-state index contributed by atoms with van der Waals surface area (Å²) < 4.78 is 5.22. The molecule has 0 saturated carbocycles. The quantitative estimate of drug-likeness (QED) is 0.815. The molecule has 1 heterocycles. The third kappa shape index (κ3) is 1.98. The maximum atomic E-state index is 11.5. The van der Waals surface area contributed by atoms with Crippen LogP contribution in [0.1, 0.15) is 0 Å². The highest BCUT2D eigenvalue weighted by Crippen LogP contribution is 2.26. The molecule has 0 aliphatic heterocycles. The monoisotopic (exact) mass is 237 g/mol. The van der Waals surface area contributed by atoms with E-state index in [1.165, 1.54) is 25.7 Å².